The van der Waals surface area contributed by atoms with E-state index in [1.165, 1.54) is 12.3 Å². The number of likely N-dealkylation sites (tertiary alicyclic amines) is 1. The van der Waals surface area contributed by atoms with E-state index < -0.39 is 11.6 Å². The third-order valence-electron chi connectivity index (χ3n) is 5.25. The van der Waals surface area contributed by atoms with Crippen LogP contribution in [0, 0.1) is 11.6 Å². The maximum atomic E-state index is 13.9. The van der Waals surface area contributed by atoms with Crippen LogP contribution in [-0.2, 0) is 11.2 Å². The number of halogens is 2. The average molecular weight is 397 g/mol. The van der Waals surface area contributed by atoms with Crippen molar-refractivity contribution in [2.75, 3.05) is 13.1 Å². The molecule has 0 saturated carbocycles. The van der Waals surface area contributed by atoms with Crippen LogP contribution in [0.15, 0.2) is 59.1 Å². The molecule has 0 radical (unpaired) electrons. The van der Waals surface area contributed by atoms with Crippen LogP contribution in [0.4, 0.5) is 8.78 Å². The molecule has 5 nitrogen and oxygen atoms in total. The summed E-state index contributed by atoms with van der Waals surface area (Å²) in [4.78, 5) is 18.5. The van der Waals surface area contributed by atoms with E-state index in [4.69, 9.17) is 10.2 Å². The molecule has 2 N–H and O–H groups in total. The molecule has 4 rings (SSSR count). The fourth-order valence-corrected chi connectivity index (χ4v) is 3.70. The second-order valence-electron chi connectivity index (χ2n) is 7.22. The summed E-state index contributed by atoms with van der Waals surface area (Å²) in [6.45, 7) is 1.09. The van der Waals surface area contributed by atoms with E-state index >= 15 is 0 Å². The predicted octanol–water partition coefficient (Wildman–Crippen LogP) is 3.51. The molecule has 3 aromatic rings. The molecule has 0 unspecified atom stereocenters. The molecule has 0 aliphatic carbocycles. The highest BCUT2D eigenvalue weighted by Gasteiger charge is 2.33. The number of carbonyl (C=O) groups is 1. The standard InChI is InChI=1S/C22H21F2N3O2/c23-15-6-7-16(18(24)10-15)20-11-26-21(29-20)8-9-22(28)27-12-17(19(25)13-27)14-4-2-1-3-5-14/h1-7,10-11,17,19H,8-9,12-13,25H2/t17-,19+/m0/s1. The Hall–Kier alpha value is -3.06. The fourth-order valence-electron chi connectivity index (χ4n) is 3.70. The van der Waals surface area contributed by atoms with E-state index in [1.54, 1.807) is 4.90 Å². The predicted molar refractivity (Wildman–Crippen MR) is 104 cm³/mol. The summed E-state index contributed by atoms with van der Waals surface area (Å²) in [5.41, 5.74) is 7.52. The lowest BCUT2D eigenvalue weighted by Gasteiger charge is -2.16. The first-order valence-electron chi connectivity index (χ1n) is 9.49. The van der Waals surface area contributed by atoms with Gasteiger partial charge < -0.3 is 15.1 Å². The van der Waals surface area contributed by atoms with Gasteiger partial charge in [-0.05, 0) is 17.7 Å². The van der Waals surface area contributed by atoms with Gasteiger partial charge in [0.05, 0.1) is 11.8 Å². The zero-order valence-electron chi connectivity index (χ0n) is 15.7. The lowest BCUT2D eigenvalue weighted by Crippen LogP contribution is -2.32. The van der Waals surface area contributed by atoms with Crippen molar-refractivity contribution in [3.8, 4) is 11.3 Å². The van der Waals surface area contributed by atoms with E-state index in [1.807, 2.05) is 30.3 Å². The molecule has 2 heterocycles. The third kappa shape index (κ3) is 4.19. The zero-order valence-corrected chi connectivity index (χ0v) is 15.7. The highest BCUT2D eigenvalue weighted by Crippen LogP contribution is 2.27. The minimum atomic E-state index is -0.721. The molecular formula is C22H21F2N3O2. The van der Waals surface area contributed by atoms with Crippen LogP contribution in [0.2, 0.25) is 0 Å². The van der Waals surface area contributed by atoms with Crippen molar-refractivity contribution in [2.24, 2.45) is 5.73 Å². The van der Waals surface area contributed by atoms with Crippen molar-refractivity contribution in [1.82, 2.24) is 9.88 Å². The molecule has 1 aromatic heterocycles. The number of hydrogen-bond donors (Lipinski definition) is 1. The first-order chi connectivity index (χ1) is 14.0. The Morgan fingerprint density at radius 2 is 1.97 bits per heavy atom. The van der Waals surface area contributed by atoms with Gasteiger partial charge in [0.25, 0.3) is 0 Å². The van der Waals surface area contributed by atoms with Crippen molar-refractivity contribution >= 4 is 5.91 Å². The maximum Gasteiger partial charge on any atom is 0.223 e. The number of amides is 1. The number of oxazole rings is 1. The Balaban J connectivity index is 1.36. The molecule has 1 saturated heterocycles. The monoisotopic (exact) mass is 397 g/mol. The molecule has 1 aliphatic heterocycles. The number of rotatable bonds is 5. The highest BCUT2D eigenvalue weighted by atomic mass is 19.1. The second-order valence-corrected chi connectivity index (χ2v) is 7.22. The summed E-state index contributed by atoms with van der Waals surface area (Å²) in [7, 11) is 0. The maximum absolute atomic E-state index is 13.9. The number of aromatic nitrogens is 1. The van der Waals surface area contributed by atoms with Gasteiger partial charge in [0.15, 0.2) is 11.7 Å². The van der Waals surface area contributed by atoms with E-state index in [0.717, 1.165) is 17.7 Å². The van der Waals surface area contributed by atoms with Crippen LogP contribution in [0.25, 0.3) is 11.3 Å². The summed E-state index contributed by atoms with van der Waals surface area (Å²) >= 11 is 0. The molecule has 29 heavy (non-hydrogen) atoms. The SMILES string of the molecule is N[C@@H]1CN(C(=O)CCc2ncc(-c3ccc(F)cc3F)o2)C[C@H]1c1ccccc1. The molecule has 1 aliphatic rings. The van der Waals surface area contributed by atoms with Gasteiger partial charge in [0.2, 0.25) is 5.91 Å². The smallest absolute Gasteiger partial charge is 0.223 e. The topological polar surface area (TPSA) is 72.4 Å². The van der Waals surface area contributed by atoms with Gasteiger partial charge in [0.1, 0.15) is 11.6 Å². The van der Waals surface area contributed by atoms with E-state index in [0.29, 0.717) is 25.4 Å². The summed E-state index contributed by atoms with van der Waals surface area (Å²) in [6.07, 6.45) is 1.90. The van der Waals surface area contributed by atoms with Crippen LogP contribution >= 0.6 is 0 Å². The molecule has 150 valence electrons. The zero-order chi connectivity index (χ0) is 20.4. The summed E-state index contributed by atoms with van der Waals surface area (Å²) in [6, 6.07) is 13.1. The molecule has 0 spiro atoms. The lowest BCUT2D eigenvalue weighted by molar-refractivity contribution is -0.130. The summed E-state index contributed by atoms with van der Waals surface area (Å²) < 4.78 is 32.5. The minimum absolute atomic E-state index is 0.0217. The summed E-state index contributed by atoms with van der Waals surface area (Å²) in [5, 5.41) is 0. The number of nitrogens with zero attached hydrogens (tertiary/aromatic N) is 2. The van der Waals surface area contributed by atoms with Crippen molar-refractivity contribution in [1.29, 1.82) is 0 Å². The number of nitrogens with two attached hydrogens (primary N) is 1. The van der Waals surface area contributed by atoms with Crippen LogP contribution in [0.5, 0.6) is 0 Å². The van der Waals surface area contributed by atoms with Crippen LogP contribution in [0.3, 0.4) is 0 Å². The fraction of sp³-hybridized carbons (Fsp3) is 0.273. The van der Waals surface area contributed by atoms with Gasteiger partial charge in [-0.1, -0.05) is 30.3 Å². The Morgan fingerprint density at radius 3 is 2.72 bits per heavy atom. The van der Waals surface area contributed by atoms with Crippen LogP contribution in [-0.4, -0.2) is 34.9 Å². The van der Waals surface area contributed by atoms with Crippen LogP contribution in [0.1, 0.15) is 23.8 Å². The van der Waals surface area contributed by atoms with E-state index in [-0.39, 0.29) is 35.6 Å². The number of aryl methyl sites for hydroxylation is 1. The van der Waals surface area contributed by atoms with Crippen LogP contribution < -0.4 is 5.73 Å². The molecule has 2 atom stereocenters. The molecule has 0 bridgehead atoms. The van der Waals surface area contributed by atoms with Crippen molar-refractivity contribution < 1.29 is 18.0 Å². The van der Waals surface area contributed by atoms with Crippen molar-refractivity contribution in [3.05, 3.63) is 77.8 Å². The van der Waals surface area contributed by atoms with Gasteiger partial charge in [-0.25, -0.2) is 13.8 Å². The Kier molecular flexibility index (Phi) is 5.40. The largest absolute Gasteiger partial charge is 0.441 e. The first-order valence-corrected chi connectivity index (χ1v) is 9.49. The van der Waals surface area contributed by atoms with Crippen molar-refractivity contribution in [3.63, 3.8) is 0 Å². The van der Waals surface area contributed by atoms with Gasteiger partial charge >= 0.3 is 0 Å². The Morgan fingerprint density at radius 1 is 1.17 bits per heavy atom. The quantitative estimate of drug-likeness (QED) is 0.715. The second kappa shape index (κ2) is 8.13. The van der Waals surface area contributed by atoms with Gasteiger partial charge in [-0.15, -0.1) is 0 Å². The molecule has 1 fully saturated rings. The molecule has 2 aromatic carbocycles. The number of hydrogen-bond acceptors (Lipinski definition) is 4. The molecule has 7 heteroatoms. The van der Waals surface area contributed by atoms with Gasteiger partial charge in [-0.2, -0.15) is 0 Å². The van der Waals surface area contributed by atoms with Gasteiger partial charge in [-0.3, -0.25) is 4.79 Å². The van der Waals surface area contributed by atoms with E-state index in [2.05, 4.69) is 4.98 Å². The van der Waals surface area contributed by atoms with E-state index in [9.17, 15) is 13.6 Å². The molecular weight excluding hydrogens is 376 g/mol. The Bertz CT molecular complexity index is 1010. The Labute approximate surface area is 167 Å². The first kappa shape index (κ1) is 19.3. The number of carbonyl (C=O) groups excluding carboxylic acids is 1. The minimum Gasteiger partial charge on any atom is -0.441 e. The molecule has 1 amide bonds. The third-order valence-corrected chi connectivity index (χ3v) is 5.25. The summed E-state index contributed by atoms with van der Waals surface area (Å²) in [5.74, 6) is -0.741. The number of benzene rings is 2. The lowest BCUT2D eigenvalue weighted by atomic mass is 9.95. The van der Waals surface area contributed by atoms with Gasteiger partial charge in [0, 0.05) is 44.0 Å². The normalized spacial score (nSPS) is 18.9. The highest BCUT2D eigenvalue weighted by molar-refractivity contribution is 5.77. The van der Waals surface area contributed by atoms with Crippen molar-refractivity contribution in [2.45, 2.75) is 24.8 Å². The average Bonchev–Trinajstić information content (AvgIpc) is 3.33.